The number of anilines is 1. The second-order valence-corrected chi connectivity index (χ2v) is 5.46. The summed E-state index contributed by atoms with van der Waals surface area (Å²) in [5.41, 5.74) is 6.34. The number of benzene rings is 1. The first-order valence-corrected chi connectivity index (χ1v) is 6.86. The van der Waals surface area contributed by atoms with E-state index in [1.807, 2.05) is 6.07 Å². The van der Waals surface area contributed by atoms with Gasteiger partial charge in [0, 0.05) is 17.6 Å². The predicted octanol–water partition coefficient (Wildman–Crippen LogP) is 1.77. The smallest absolute Gasteiger partial charge is 0.323 e. The molecule has 1 saturated carbocycles. The van der Waals surface area contributed by atoms with Crippen molar-refractivity contribution in [3.8, 4) is 0 Å². The van der Waals surface area contributed by atoms with Crippen LogP contribution in [0.1, 0.15) is 32.1 Å². The Kier molecular flexibility index (Phi) is 4.39. The summed E-state index contributed by atoms with van der Waals surface area (Å²) in [6.45, 7) is -0.334. The van der Waals surface area contributed by atoms with Crippen molar-refractivity contribution in [2.24, 2.45) is 5.73 Å². The highest BCUT2D eigenvalue weighted by Crippen LogP contribution is 2.31. The van der Waals surface area contributed by atoms with E-state index in [0.717, 1.165) is 25.7 Å². The number of hydrogen-bond donors (Lipinski definition) is 2. The first-order valence-electron chi connectivity index (χ1n) is 6.86. The van der Waals surface area contributed by atoms with E-state index in [1.165, 1.54) is 4.90 Å². The van der Waals surface area contributed by atoms with Gasteiger partial charge in [0.05, 0.1) is 0 Å². The molecule has 0 unspecified atom stereocenters. The maximum Gasteiger partial charge on any atom is 0.323 e. The van der Waals surface area contributed by atoms with E-state index < -0.39 is 11.5 Å². The van der Waals surface area contributed by atoms with Crippen LogP contribution in [-0.2, 0) is 9.59 Å². The van der Waals surface area contributed by atoms with Gasteiger partial charge in [0.1, 0.15) is 6.54 Å². The lowest BCUT2D eigenvalue weighted by molar-refractivity contribution is -0.136. The van der Waals surface area contributed by atoms with Crippen molar-refractivity contribution >= 4 is 17.6 Å². The lowest BCUT2D eigenvalue weighted by Gasteiger charge is -2.27. The third kappa shape index (κ3) is 3.57. The van der Waals surface area contributed by atoms with Gasteiger partial charge >= 0.3 is 5.97 Å². The molecule has 108 valence electrons. The van der Waals surface area contributed by atoms with Crippen LogP contribution >= 0.6 is 0 Å². The highest BCUT2D eigenvalue weighted by atomic mass is 16.4. The van der Waals surface area contributed by atoms with Crippen LogP contribution in [-0.4, -0.2) is 29.1 Å². The third-order valence-corrected chi connectivity index (χ3v) is 3.76. The molecule has 5 heteroatoms. The Labute approximate surface area is 118 Å². The third-order valence-electron chi connectivity index (χ3n) is 3.76. The highest BCUT2D eigenvalue weighted by molar-refractivity contribution is 5.97. The number of para-hydroxylation sites is 1. The molecule has 1 amide bonds. The van der Waals surface area contributed by atoms with E-state index in [9.17, 15) is 9.59 Å². The molecule has 0 aromatic heterocycles. The molecule has 1 aromatic rings. The molecule has 5 nitrogen and oxygen atoms in total. The zero-order valence-corrected chi connectivity index (χ0v) is 11.4. The number of carboxylic acid groups (broad SMARTS) is 1. The Bertz CT molecular complexity index is 481. The van der Waals surface area contributed by atoms with E-state index in [2.05, 4.69) is 0 Å². The van der Waals surface area contributed by atoms with E-state index in [4.69, 9.17) is 10.8 Å². The van der Waals surface area contributed by atoms with Gasteiger partial charge in [-0.05, 0) is 25.0 Å². The zero-order chi connectivity index (χ0) is 14.6. The van der Waals surface area contributed by atoms with Crippen LogP contribution in [0.2, 0.25) is 0 Å². The van der Waals surface area contributed by atoms with E-state index in [-0.39, 0.29) is 18.9 Å². The number of carbonyl (C=O) groups is 2. The maximum absolute atomic E-state index is 12.4. The number of carbonyl (C=O) groups excluding carboxylic acids is 1. The lowest BCUT2D eigenvalue weighted by atomic mass is 9.94. The summed E-state index contributed by atoms with van der Waals surface area (Å²) in [7, 11) is 0. The highest BCUT2D eigenvalue weighted by Gasteiger charge is 2.34. The van der Waals surface area contributed by atoms with Crippen LogP contribution in [0.3, 0.4) is 0 Å². The minimum absolute atomic E-state index is 0.204. The minimum atomic E-state index is -1.03. The minimum Gasteiger partial charge on any atom is -0.480 e. The maximum atomic E-state index is 12.4. The molecule has 0 radical (unpaired) electrons. The first kappa shape index (κ1) is 14.5. The van der Waals surface area contributed by atoms with Gasteiger partial charge in [-0.15, -0.1) is 0 Å². The Morgan fingerprint density at radius 1 is 1.20 bits per heavy atom. The Balaban J connectivity index is 2.14. The van der Waals surface area contributed by atoms with Gasteiger partial charge in [0.15, 0.2) is 0 Å². The second-order valence-electron chi connectivity index (χ2n) is 5.46. The van der Waals surface area contributed by atoms with Crippen molar-refractivity contribution < 1.29 is 14.7 Å². The summed E-state index contributed by atoms with van der Waals surface area (Å²) in [6, 6.07) is 8.86. The van der Waals surface area contributed by atoms with Crippen molar-refractivity contribution in [3.05, 3.63) is 30.3 Å². The van der Waals surface area contributed by atoms with Crippen molar-refractivity contribution in [1.29, 1.82) is 0 Å². The number of amides is 1. The fourth-order valence-electron chi connectivity index (χ4n) is 2.72. The normalized spacial score (nSPS) is 16.9. The van der Waals surface area contributed by atoms with E-state index >= 15 is 0 Å². The molecule has 1 aromatic carbocycles. The summed E-state index contributed by atoms with van der Waals surface area (Å²) in [5.74, 6) is -1.25. The summed E-state index contributed by atoms with van der Waals surface area (Å²) >= 11 is 0. The molecule has 0 aliphatic heterocycles. The van der Waals surface area contributed by atoms with Gasteiger partial charge in [0.2, 0.25) is 5.91 Å². The molecular weight excluding hydrogens is 256 g/mol. The second kappa shape index (κ2) is 6.05. The number of nitrogens with zero attached hydrogens (tertiary/aromatic N) is 1. The summed E-state index contributed by atoms with van der Waals surface area (Å²) in [4.78, 5) is 24.7. The summed E-state index contributed by atoms with van der Waals surface area (Å²) in [6.07, 6.45) is 3.93. The molecule has 0 spiro atoms. The largest absolute Gasteiger partial charge is 0.480 e. The van der Waals surface area contributed by atoms with Crippen molar-refractivity contribution in [3.63, 3.8) is 0 Å². The number of rotatable bonds is 5. The zero-order valence-electron chi connectivity index (χ0n) is 11.4. The molecule has 3 N–H and O–H groups in total. The monoisotopic (exact) mass is 276 g/mol. The quantitative estimate of drug-likeness (QED) is 0.858. The fraction of sp³-hybridized carbons (Fsp3) is 0.467. The first-order chi connectivity index (χ1) is 9.50. The van der Waals surface area contributed by atoms with Crippen LogP contribution in [0.4, 0.5) is 5.69 Å². The fourth-order valence-corrected chi connectivity index (χ4v) is 2.72. The molecule has 0 bridgehead atoms. The molecule has 0 atom stereocenters. The van der Waals surface area contributed by atoms with Crippen molar-refractivity contribution in [2.45, 2.75) is 37.6 Å². The SMILES string of the molecule is NC1(CC(=O)N(CC(=O)O)c2ccccc2)CCCC1. The summed E-state index contributed by atoms with van der Waals surface area (Å²) < 4.78 is 0. The van der Waals surface area contributed by atoms with Crippen LogP contribution in [0.25, 0.3) is 0 Å². The number of hydrogen-bond acceptors (Lipinski definition) is 3. The molecule has 0 saturated heterocycles. The molecule has 0 heterocycles. The van der Waals surface area contributed by atoms with Crippen LogP contribution in [0.5, 0.6) is 0 Å². The van der Waals surface area contributed by atoms with Crippen LogP contribution in [0.15, 0.2) is 30.3 Å². The predicted molar refractivity (Wildman–Crippen MR) is 76.4 cm³/mol. The van der Waals surface area contributed by atoms with Crippen LogP contribution < -0.4 is 10.6 Å². The molecule has 1 fully saturated rings. The standard InChI is InChI=1S/C15H20N2O3/c16-15(8-4-5-9-15)10-13(18)17(11-14(19)20)12-6-2-1-3-7-12/h1-3,6-7H,4-5,8-11,16H2,(H,19,20). The number of nitrogens with two attached hydrogens (primary N) is 1. The Morgan fingerprint density at radius 2 is 1.80 bits per heavy atom. The molecule has 20 heavy (non-hydrogen) atoms. The van der Waals surface area contributed by atoms with Gasteiger partial charge in [-0.2, -0.15) is 0 Å². The van der Waals surface area contributed by atoms with Gasteiger partial charge in [-0.25, -0.2) is 0 Å². The molecule has 1 aliphatic rings. The average Bonchev–Trinajstić information content (AvgIpc) is 2.83. The molecule has 2 rings (SSSR count). The van der Waals surface area contributed by atoms with Gasteiger partial charge < -0.3 is 15.7 Å². The topological polar surface area (TPSA) is 83.6 Å². The van der Waals surface area contributed by atoms with Gasteiger partial charge in [-0.1, -0.05) is 31.0 Å². The number of aliphatic carboxylic acids is 1. The number of carboxylic acids is 1. The Hall–Kier alpha value is -1.88. The van der Waals surface area contributed by atoms with Crippen molar-refractivity contribution in [2.75, 3.05) is 11.4 Å². The average molecular weight is 276 g/mol. The lowest BCUT2D eigenvalue weighted by Crippen LogP contribution is -2.45. The molecule has 1 aliphatic carbocycles. The summed E-state index contributed by atoms with van der Waals surface area (Å²) in [5, 5.41) is 8.99. The van der Waals surface area contributed by atoms with Gasteiger partial charge in [-0.3, -0.25) is 9.59 Å². The van der Waals surface area contributed by atoms with Crippen LogP contribution in [0, 0.1) is 0 Å². The molecular formula is C15H20N2O3. The van der Waals surface area contributed by atoms with Gasteiger partial charge in [0.25, 0.3) is 0 Å². The van der Waals surface area contributed by atoms with E-state index in [1.54, 1.807) is 24.3 Å². The Morgan fingerprint density at radius 3 is 2.35 bits per heavy atom. The van der Waals surface area contributed by atoms with E-state index in [0.29, 0.717) is 5.69 Å². The van der Waals surface area contributed by atoms with Crippen molar-refractivity contribution in [1.82, 2.24) is 0 Å².